The van der Waals surface area contributed by atoms with Crippen LogP contribution in [0, 0.1) is 0 Å². The molecule has 0 atom stereocenters. The van der Waals surface area contributed by atoms with Gasteiger partial charge in [-0.15, -0.1) is 0 Å². The Labute approximate surface area is 88.9 Å². The third-order valence-electron chi connectivity index (χ3n) is 1.41. The third-order valence-corrected chi connectivity index (χ3v) is 1.93. The van der Waals surface area contributed by atoms with Crippen molar-refractivity contribution in [2.24, 2.45) is 5.11 Å². The molecule has 1 aromatic carbocycles. The minimum absolute atomic E-state index is 0.188. The Kier molecular flexibility index (Phi) is 3.97. The lowest BCUT2D eigenvalue weighted by Crippen LogP contribution is -2.14. The first-order chi connectivity index (χ1) is 6.72. The zero-order valence-electron chi connectivity index (χ0n) is 7.14. The molecule has 0 heterocycles. The number of amides is 1. The summed E-state index contributed by atoms with van der Waals surface area (Å²) >= 11 is 3.27. The maximum Gasteiger partial charge on any atom is 0.230 e. The van der Waals surface area contributed by atoms with Crippen LogP contribution in [0.3, 0.4) is 0 Å². The highest BCUT2D eigenvalue weighted by Gasteiger charge is 1.99. The van der Waals surface area contributed by atoms with Crippen LogP contribution in [-0.4, -0.2) is 12.5 Å². The maximum absolute atomic E-state index is 11.1. The Morgan fingerprint density at radius 3 is 2.71 bits per heavy atom. The van der Waals surface area contributed by atoms with Crippen molar-refractivity contribution in [2.75, 3.05) is 11.9 Å². The van der Waals surface area contributed by atoms with Gasteiger partial charge in [0, 0.05) is 15.1 Å². The number of nitrogens with zero attached hydrogens (tertiary/aromatic N) is 3. The molecule has 0 saturated carbocycles. The lowest BCUT2D eigenvalue weighted by atomic mass is 10.3. The average Bonchev–Trinajstić information content (AvgIpc) is 2.18. The number of azide groups is 1. The summed E-state index contributed by atoms with van der Waals surface area (Å²) in [4.78, 5) is 13.6. The fourth-order valence-electron chi connectivity index (χ4n) is 0.830. The van der Waals surface area contributed by atoms with Gasteiger partial charge in [-0.2, -0.15) is 0 Å². The largest absolute Gasteiger partial charge is 0.326 e. The van der Waals surface area contributed by atoms with Crippen molar-refractivity contribution in [1.82, 2.24) is 0 Å². The topological polar surface area (TPSA) is 77.9 Å². The summed E-state index contributed by atoms with van der Waals surface area (Å²) < 4.78 is 0.936. The van der Waals surface area contributed by atoms with Crippen LogP contribution in [0.4, 0.5) is 5.69 Å². The van der Waals surface area contributed by atoms with Gasteiger partial charge >= 0.3 is 0 Å². The lowest BCUT2D eigenvalue weighted by molar-refractivity contribution is -0.114. The first kappa shape index (κ1) is 10.6. The van der Waals surface area contributed by atoms with E-state index in [-0.39, 0.29) is 12.5 Å². The number of halogens is 1. The van der Waals surface area contributed by atoms with Crippen molar-refractivity contribution in [3.63, 3.8) is 0 Å². The number of hydrogen-bond acceptors (Lipinski definition) is 2. The van der Waals surface area contributed by atoms with E-state index in [1.54, 1.807) is 12.1 Å². The van der Waals surface area contributed by atoms with Gasteiger partial charge in [-0.05, 0) is 29.8 Å². The molecule has 0 aliphatic carbocycles. The van der Waals surface area contributed by atoms with Crippen molar-refractivity contribution in [3.05, 3.63) is 39.2 Å². The van der Waals surface area contributed by atoms with Gasteiger partial charge in [0.2, 0.25) is 5.91 Å². The Morgan fingerprint density at radius 2 is 2.14 bits per heavy atom. The molecular weight excluding hydrogens is 248 g/mol. The Morgan fingerprint density at radius 1 is 1.50 bits per heavy atom. The van der Waals surface area contributed by atoms with Crippen LogP contribution >= 0.6 is 15.9 Å². The number of carbonyl (C=O) groups excluding carboxylic acids is 1. The van der Waals surface area contributed by atoms with Gasteiger partial charge in [-0.25, -0.2) is 0 Å². The number of nitrogens with one attached hydrogen (secondary N) is 1. The van der Waals surface area contributed by atoms with Gasteiger partial charge in [-0.3, -0.25) is 4.79 Å². The summed E-state index contributed by atoms with van der Waals surface area (Å²) in [7, 11) is 0. The predicted molar refractivity (Wildman–Crippen MR) is 56.8 cm³/mol. The van der Waals surface area contributed by atoms with Crippen LogP contribution in [0.15, 0.2) is 33.9 Å². The van der Waals surface area contributed by atoms with Crippen LogP contribution in [0.5, 0.6) is 0 Å². The normalized spacial score (nSPS) is 8.93. The monoisotopic (exact) mass is 254 g/mol. The molecule has 1 aromatic rings. The predicted octanol–water partition coefficient (Wildman–Crippen LogP) is 2.70. The Bertz CT molecular complexity index is 369. The number of anilines is 1. The van der Waals surface area contributed by atoms with Crippen LogP contribution in [-0.2, 0) is 4.79 Å². The number of benzene rings is 1. The van der Waals surface area contributed by atoms with Gasteiger partial charge in [-0.1, -0.05) is 21.0 Å². The second-order valence-electron chi connectivity index (χ2n) is 2.44. The molecule has 0 aliphatic rings. The molecule has 0 aromatic heterocycles. The zero-order valence-corrected chi connectivity index (χ0v) is 8.73. The van der Waals surface area contributed by atoms with Gasteiger partial charge in [0.15, 0.2) is 0 Å². The van der Waals surface area contributed by atoms with E-state index in [1.807, 2.05) is 12.1 Å². The Hall–Kier alpha value is -1.52. The number of carbonyl (C=O) groups is 1. The molecule has 72 valence electrons. The summed E-state index contributed by atoms with van der Waals surface area (Å²) in [5.41, 5.74) is 8.66. The first-order valence-electron chi connectivity index (χ1n) is 3.78. The molecule has 0 saturated heterocycles. The van der Waals surface area contributed by atoms with Crippen LogP contribution in [0.1, 0.15) is 0 Å². The molecule has 0 unspecified atom stereocenters. The minimum Gasteiger partial charge on any atom is -0.326 e. The molecule has 1 rings (SSSR count). The lowest BCUT2D eigenvalue weighted by Gasteiger charge is -2.02. The summed E-state index contributed by atoms with van der Waals surface area (Å²) in [5, 5.41) is 5.72. The van der Waals surface area contributed by atoms with Gasteiger partial charge < -0.3 is 5.32 Å². The van der Waals surface area contributed by atoms with Crippen LogP contribution in [0.25, 0.3) is 10.4 Å². The van der Waals surface area contributed by atoms with Crippen molar-refractivity contribution >= 4 is 27.5 Å². The fourth-order valence-corrected chi connectivity index (χ4v) is 1.09. The third kappa shape index (κ3) is 3.47. The highest BCUT2D eigenvalue weighted by molar-refractivity contribution is 9.10. The van der Waals surface area contributed by atoms with Crippen LogP contribution < -0.4 is 5.32 Å². The van der Waals surface area contributed by atoms with Crippen molar-refractivity contribution in [1.29, 1.82) is 0 Å². The molecule has 0 fully saturated rings. The molecule has 1 N–H and O–H groups in total. The van der Waals surface area contributed by atoms with E-state index in [0.29, 0.717) is 5.69 Å². The summed E-state index contributed by atoms with van der Waals surface area (Å²) in [6.07, 6.45) is 0. The smallest absolute Gasteiger partial charge is 0.230 e. The van der Waals surface area contributed by atoms with Gasteiger partial charge in [0.25, 0.3) is 0 Å². The SMILES string of the molecule is [N-]=[N+]=NCC(=O)Nc1ccc(Br)cc1. The summed E-state index contributed by atoms with van der Waals surface area (Å²) in [5.74, 6) is -0.329. The Balaban J connectivity index is 2.56. The molecule has 6 heteroatoms. The highest BCUT2D eigenvalue weighted by Crippen LogP contribution is 2.13. The number of rotatable bonds is 3. The van der Waals surface area contributed by atoms with E-state index in [2.05, 4.69) is 31.3 Å². The second kappa shape index (κ2) is 5.26. The molecule has 5 nitrogen and oxygen atoms in total. The zero-order chi connectivity index (χ0) is 10.4. The van der Waals surface area contributed by atoms with E-state index in [4.69, 9.17) is 5.53 Å². The fraction of sp³-hybridized carbons (Fsp3) is 0.125. The van der Waals surface area contributed by atoms with Crippen molar-refractivity contribution in [2.45, 2.75) is 0 Å². The van der Waals surface area contributed by atoms with E-state index < -0.39 is 0 Å². The number of hydrogen-bond donors (Lipinski definition) is 1. The minimum atomic E-state index is -0.329. The molecule has 14 heavy (non-hydrogen) atoms. The van der Waals surface area contributed by atoms with Crippen LogP contribution in [0.2, 0.25) is 0 Å². The maximum atomic E-state index is 11.1. The molecule has 0 spiro atoms. The molecule has 0 radical (unpaired) electrons. The first-order valence-corrected chi connectivity index (χ1v) is 4.58. The van der Waals surface area contributed by atoms with E-state index >= 15 is 0 Å². The quantitative estimate of drug-likeness (QED) is 0.503. The molecular formula is C8H7BrN4O. The van der Waals surface area contributed by atoms with Gasteiger partial charge in [0.05, 0.1) is 0 Å². The van der Waals surface area contributed by atoms with Crippen molar-refractivity contribution in [3.8, 4) is 0 Å². The van der Waals surface area contributed by atoms with E-state index in [9.17, 15) is 4.79 Å². The van der Waals surface area contributed by atoms with E-state index in [1.165, 1.54) is 0 Å². The molecule has 0 bridgehead atoms. The highest BCUT2D eigenvalue weighted by atomic mass is 79.9. The van der Waals surface area contributed by atoms with Gasteiger partial charge in [0.1, 0.15) is 6.54 Å². The summed E-state index contributed by atoms with van der Waals surface area (Å²) in [6.45, 7) is -0.188. The van der Waals surface area contributed by atoms with E-state index in [0.717, 1.165) is 4.47 Å². The standard InChI is InChI=1S/C8H7BrN4O/c9-6-1-3-7(4-2-6)12-8(14)5-11-13-10/h1-4H,5H2,(H,12,14). The molecule has 0 aliphatic heterocycles. The molecule has 1 amide bonds. The second-order valence-corrected chi connectivity index (χ2v) is 3.36. The average molecular weight is 255 g/mol. The summed E-state index contributed by atoms with van der Waals surface area (Å²) in [6, 6.07) is 7.11. The van der Waals surface area contributed by atoms with Crippen molar-refractivity contribution < 1.29 is 4.79 Å².